The van der Waals surface area contributed by atoms with Gasteiger partial charge in [0.25, 0.3) is 11.8 Å². The molecule has 2 aromatic rings. The molecule has 2 amide bonds. The molecule has 10 atom stereocenters. The number of carbonyl (C=O) groups is 4. The average molecular weight is 649 g/mol. The summed E-state index contributed by atoms with van der Waals surface area (Å²) in [5.74, 6) is -1.77. The van der Waals surface area contributed by atoms with E-state index in [9.17, 15) is 49.8 Å². The maximum atomic E-state index is 13.0. The summed E-state index contributed by atoms with van der Waals surface area (Å²) in [6.45, 7) is 1.35. The van der Waals surface area contributed by atoms with Crippen LogP contribution >= 0.6 is 11.8 Å². The number of aliphatic hydroxyl groups excluding tert-OH is 6. The molecule has 0 unspecified atom stereocenters. The Morgan fingerprint density at radius 2 is 0.911 bits per heavy atom. The van der Waals surface area contributed by atoms with Crippen LogP contribution in [0, 0.1) is 0 Å². The quantitative estimate of drug-likeness (QED) is 0.139. The van der Waals surface area contributed by atoms with E-state index in [1.54, 1.807) is 0 Å². The van der Waals surface area contributed by atoms with Gasteiger partial charge in [0.15, 0.2) is 11.6 Å². The number of amides is 2. The normalized spacial score (nSPS) is 31.6. The van der Waals surface area contributed by atoms with Crippen molar-refractivity contribution in [2.45, 2.75) is 73.4 Å². The van der Waals surface area contributed by atoms with E-state index in [1.807, 2.05) is 0 Å². The largest absolute Gasteiger partial charge is 0.394 e. The first kappa shape index (κ1) is 34.6. The SMILES string of the molecule is CC(=O)c1ccc(C(=O)N[C@@H]2[C@@H](O)[C@@H](CO)O[C@@H](S[C@@H]3O[C@H](CO)[C@H](O)[C@@H](NC(=O)c4ccc(C(C)=O)cc4)[C@H]3O)[C@@H]2O)cc1. The van der Waals surface area contributed by atoms with E-state index in [-0.39, 0.29) is 22.7 Å². The van der Waals surface area contributed by atoms with Crippen LogP contribution in [0.4, 0.5) is 0 Å². The number of benzene rings is 2. The van der Waals surface area contributed by atoms with Gasteiger partial charge < -0.3 is 50.7 Å². The highest BCUT2D eigenvalue weighted by molar-refractivity contribution is 8.00. The third kappa shape index (κ3) is 7.77. The number of hydrogen-bond donors (Lipinski definition) is 8. The topological polar surface area (TPSA) is 232 Å². The maximum Gasteiger partial charge on any atom is 0.251 e. The molecule has 2 saturated heterocycles. The molecule has 14 nitrogen and oxygen atoms in total. The van der Waals surface area contributed by atoms with E-state index in [0.29, 0.717) is 22.9 Å². The average Bonchev–Trinajstić information content (AvgIpc) is 3.03. The second kappa shape index (κ2) is 14.9. The van der Waals surface area contributed by atoms with Crippen molar-refractivity contribution in [3.05, 3.63) is 70.8 Å². The molecule has 0 spiro atoms. The van der Waals surface area contributed by atoms with Crippen molar-refractivity contribution >= 4 is 35.1 Å². The second-order valence-electron chi connectivity index (χ2n) is 10.8. The summed E-state index contributed by atoms with van der Waals surface area (Å²) in [6.07, 6.45) is -8.87. The minimum Gasteiger partial charge on any atom is -0.394 e. The Hall–Kier alpha value is -3.25. The summed E-state index contributed by atoms with van der Waals surface area (Å²) in [7, 11) is 0. The van der Waals surface area contributed by atoms with Gasteiger partial charge in [0.1, 0.15) is 47.5 Å². The van der Waals surface area contributed by atoms with Crippen molar-refractivity contribution in [1.29, 1.82) is 0 Å². The molecule has 0 saturated carbocycles. The molecule has 0 aliphatic carbocycles. The Kier molecular flexibility index (Phi) is 11.5. The van der Waals surface area contributed by atoms with Crippen LogP contribution in [0.3, 0.4) is 0 Å². The van der Waals surface area contributed by atoms with Crippen molar-refractivity contribution in [3.8, 4) is 0 Å². The highest BCUT2D eigenvalue weighted by Gasteiger charge is 2.50. The lowest BCUT2D eigenvalue weighted by Crippen LogP contribution is -2.66. The first-order chi connectivity index (χ1) is 21.4. The number of ketones is 2. The third-order valence-electron chi connectivity index (χ3n) is 7.74. The maximum absolute atomic E-state index is 13.0. The van der Waals surface area contributed by atoms with Crippen LogP contribution in [-0.2, 0) is 9.47 Å². The smallest absolute Gasteiger partial charge is 0.251 e. The predicted octanol–water partition coefficient (Wildman–Crippen LogP) is -1.40. The van der Waals surface area contributed by atoms with Crippen LogP contribution in [0.2, 0.25) is 0 Å². The monoisotopic (exact) mass is 648 g/mol. The van der Waals surface area contributed by atoms with Gasteiger partial charge in [0.2, 0.25) is 0 Å². The Bertz CT molecular complexity index is 1270. The molecule has 45 heavy (non-hydrogen) atoms. The lowest BCUT2D eigenvalue weighted by molar-refractivity contribution is -0.175. The van der Waals surface area contributed by atoms with Crippen LogP contribution in [-0.4, -0.2) is 127 Å². The molecule has 2 fully saturated rings. The predicted molar refractivity (Wildman–Crippen MR) is 159 cm³/mol. The van der Waals surface area contributed by atoms with Crippen molar-refractivity contribution in [2.75, 3.05) is 13.2 Å². The summed E-state index contributed by atoms with van der Waals surface area (Å²) >= 11 is 0.697. The molecular weight excluding hydrogens is 612 g/mol. The minimum atomic E-state index is -1.61. The van der Waals surface area contributed by atoms with Gasteiger partial charge >= 0.3 is 0 Å². The number of hydrogen-bond acceptors (Lipinski definition) is 13. The standard InChI is InChI=1S/C30H36N2O12S/c1-13(35)15-3-7-17(8-4-15)27(41)31-21-23(37)19(11-33)43-29(25(21)39)45-30-26(40)22(24(38)20(12-34)44-30)32-28(42)18-9-5-16(6-10-18)14(2)36/h3-10,19-26,29-30,33-34,37-40H,11-12H2,1-2H3,(H,31,41)(H,32,42)/t19-,20-,21-,22-,23+,24+,25-,26-,29+,30+/m1/s1. The second-order valence-corrected chi connectivity index (χ2v) is 12.0. The fraction of sp³-hybridized carbons (Fsp3) is 0.467. The van der Waals surface area contributed by atoms with Crippen LogP contribution in [0.25, 0.3) is 0 Å². The summed E-state index contributed by atoms with van der Waals surface area (Å²) in [4.78, 5) is 49.0. The lowest BCUT2D eigenvalue weighted by Gasteiger charge is -2.46. The summed E-state index contributed by atoms with van der Waals surface area (Å²) in [5.41, 5.74) is -1.60. The van der Waals surface area contributed by atoms with Crippen molar-refractivity contribution in [3.63, 3.8) is 0 Å². The fourth-order valence-electron chi connectivity index (χ4n) is 5.05. The molecule has 4 rings (SSSR count). The minimum absolute atomic E-state index is 0.135. The molecule has 2 aliphatic heterocycles. The van der Waals surface area contributed by atoms with E-state index in [2.05, 4.69) is 10.6 Å². The Labute approximate surface area is 262 Å². The molecule has 244 valence electrons. The molecule has 0 bridgehead atoms. The highest BCUT2D eigenvalue weighted by atomic mass is 32.2. The molecule has 8 N–H and O–H groups in total. The van der Waals surface area contributed by atoms with E-state index in [0.717, 1.165) is 0 Å². The molecule has 15 heteroatoms. The number of carbonyl (C=O) groups excluding carboxylic acids is 4. The van der Waals surface area contributed by atoms with Crippen LogP contribution in [0.5, 0.6) is 0 Å². The van der Waals surface area contributed by atoms with E-state index >= 15 is 0 Å². The van der Waals surface area contributed by atoms with Gasteiger partial charge in [0, 0.05) is 22.3 Å². The number of Topliss-reactive ketones (excluding diaryl/α,β-unsaturated/α-hetero) is 2. The molecule has 0 radical (unpaired) electrons. The highest BCUT2D eigenvalue weighted by Crippen LogP contribution is 2.37. The Morgan fingerprint density at radius 1 is 0.600 bits per heavy atom. The van der Waals surface area contributed by atoms with Gasteiger partial charge in [-0.1, -0.05) is 36.0 Å². The number of rotatable bonds is 10. The van der Waals surface area contributed by atoms with Crippen molar-refractivity contribution < 1.29 is 59.3 Å². The van der Waals surface area contributed by atoms with Crippen LogP contribution < -0.4 is 10.6 Å². The zero-order valence-electron chi connectivity index (χ0n) is 24.3. The number of nitrogens with one attached hydrogen (secondary N) is 2. The molecule has 2 aliphatic rings. The number of thioether (sulfide) groups is 1. The van der Waals surface area contributed by atoms with E-state index < -0.39 is 84.6 Å². The zero-order chi connectivity index (χ0) is 33.0. The van der Waals surface area contributed by atoms with E-state index in [1.165, 1.54) is 62.4 Å². The van der Waals surface area contributed by atoms with Crippen LogP contribution in [0.15, 0.2) is 48.5 Å². The van der Waals surface area contributed by atoms with Gasteiger partial charge in [-0.3, -0.25) is 19.2 Å². The van der Waals surface area contributed by atoms with Gasteiger partial charge in [-0.05, 0) is 38.1 Å². The van der Waals surface area contributed by atoms with Gasteiger partial charge in [-0.15, -0.1) is 0 Å². The number of ether oxygens (including phenoxy) is 2. The Balaban J connectivity index is 1.50. The molecular formula is C30H36N2O12S. The van der Waals surface area contributed by atoms with Gasteiger partial charge in [-0.2, -0.15) is 0 Å². The number of aliphatic hydroxyl groups is 6. The lowest BCUT2D eigenvalue weighted by atomic mass is 9.96. The van der Waals surface area contributed by atoms with Crippen molar-refractivity contribution in [1.82, 2.24) is 10.6 Å². The van der Waals surface area contributed by atoms with E-state index in [4.69, 9.17) is 9.47 Å². The van der Waals surface area contributed by atoms with Gasteiger partial charge in [-0.25, -0.2) is 0 Å². The molecule has 2 aromatic carbocycles. The summed E-state index contributed by atoms with van der Waals surface area (Å²) in [6, 6.07) is 8.69. The molecule has 0 aromatic heterocycles. The summed E-state index contributed by atoms with van der Waals surface area (Å²) < 4.78 is 11.4. The first-order valence-corrected chi connectivity index (χ1v) is 15.0. The molecule has 2 heterocycles. The first-order valence-electron chi connectivity index (χ1n) is 14.1. The van der Waals surface area contributed by atoms with Crippen molar-refractivity contribution in [2.24, 2.45) is 0 Å². The zero-order valence-corrected chi connectivity index (χ0v) is 25.2. The Morgan fingerprint density at radius 3 is 1.20 bits per heavy atom. The van der Waals surface area contributed by atoms with Crippen LogP contribution in [0.1, 0.15) is 55.3 Å². The summed E-state index contributed by atoms with van der Waals surface area (Å²) in [5, 5.41) is 68.6. The fourth-order valence-corrected chi connectivity index (χ4v) is 6.39. The van der Waals surface area contributed by atoms with Gasteiger partial charge in [0.05, 0.1) is 25.3 Å². The third-order valence-corrected chi connectivity index (χ3v) is 9.06.